The van der Waals surface area contributed by atoms with E-state index in [1.165, 1.54) is 10.7 Å². The van der Waals surface area contributed by atoms with Crippen LogP contribution in [0.2, 0.25) is 0 Å². The van der Waals surface area contributed by atoms with Crippen molar-refractivity contribution in [2.45, 2.75) is 18.9 Å². The number of pyridine rings is 1. The molecule has 19 heavy (non-hydrogen) atoms. The third kappa shape index (κ3) is 2.96. The number of aromatic nitrogens is 1. The molecule has 2 atom stereocenters. The highest BCUT2D eigenvalue weighted by atomic mass is 16.5. The Bertz CT molecular complexity index is 524. The van der Waals surface area contributed by atoms with Crippen LogP contribution in [0, 0.1) is 5.92 Å². The van der Waals surface area contributed by atoms with Gasteiger partial charge in [-0.05, 0) is 24.5 Å². The summed E-state index contributed by atoms with van der Waals surface area (Å²) >= 11 is 0. The average Bonchev–Trinajstić information content (AvgIpc) is 2.39. The third-order valence-corrected chi connectivity index (χ3v) is 3.40. The fourth-order valence-electron chi connectivity index (χ4n) is 2.28. The summed E-state index contributed by atoms with van der Waals surface area (Å²) in [7, 11) is 3.58. The zero-order chi connectivity index (χ0) is 14.0. The molecule has 0 aliphatic carbocycles. The van der Waals surface area contributed by atoms with Crippen molar-refractivity contribution in [3.05, 3.63) is 34.2 Å². The van der Waals surface area contributed by atoms with Crippen LogP contribution in [-0.4, -0.2) is 31.3 Å². The van der Waals surface area contributed by atoms with E-state index in [-0.39, 0.29) is 23.5 Å². The molecule has 0 bridgehead atoms. The Balaban J connectivity index is 2.24. The van der Waals surface area contributed by atoms with E-state index in [1.54, 1.807) is 31.4 Å². The molecule has 1 aliphatic rings. The lowest BCUT2D eigenvalue weighted by Crippen LogP contribution is -2.36. The molecular formula is C13H19N3O3. The lowest BCUT2D eigenvalue weighted by Gasteiger charge is -2.28. The number of rotatable bonds is 3. The van der Waals surface area contributed by atoms with Crippen LogP contribution < -0.4 is 16.3 Å². The molecule has 6 heteroatoms. The van der Waals surface area contributed by atoms with Gasteiger partial charge in [0.1, 0.15) is 0 Å². The van der Waals surface area contributed by atoms with Crippen molar-refractivity contribution in [1.82, 2.24) is 4.68 Å². The van der Waals surface area contributed by atoms with E-state index in [9.17, 15) is 9.59 Å². The molecule has 1 aliphatic heterocycles. The number of carbonyl (C=O) groups is 1. The number of ether oxygens (including phenoxy) is 1. The maximum absolute atomic E-state index is 11.7. The average molecular weight is 265 g/mol. The molecule has 104 valence electrons. The van der Waals surface area contributed by atoms with Gasteiger partial charge in [-0.3, -0.25) is 9.59 Å². The van der Waals surface area contributed by atoms with Gasteiger partial charge in [-0.25, -0.2) is 4.68 Å². The van der Waals surface area contributed by atoms with Crippen LogP contribution in [0.1, 0.15) is 24.5 Å². The molecule has 2 rings (SSSR count). The monoisotopic (exact) mass is 265 g/mol. The van der Waals surface area contributed by atoms with Crippen LogP contribution in [0.3, 0.4) is 0 Å². The van der Waals surface area contributed by atoms with Crippen LogP contribution in [0.15, 0.2) is 23.1 Å². The summed E-state index contributed by atoms with van der Waals surface area (Å²) in [4.78, 5) is 22.9. The molecule has 1 aromatic heterocycles. The van der Waals surface area contributed by atoms with E-state index in [4.69, 9.17) is 10.5 Å². The Morgan fingerprint density at radius 3 is 2.84 bits per heavy atom. The summed E-state index contributed by atoms with van der Waals surface area (Å²) < 4.78 is 7.18. The zero-order valence-electron chi connectivity index (χ0n) is 11.2. The molecule has 1 amide bonds. The fourth-order valence-corrected chi connectivity index (χ4v) is 2.28. The van der Waals surface area contributed by atoms with Crippen molar-refractivity contribution in [3.63, 3.8) is 0 Å². The maximum Gasteiger partial charge on any atom is 0.268 e. The van der Waals surface area contributed by atoms with Crippen LogP contribution in [0.4, 0.5) is 0 Å². The maximum atomic E-state index is 11.7. The van der Waals surface area contributed by atoms with E-state index >= 15 is 0 Å². The second-order valence-electron chi connectivity index (χ2n) is 4.98. The first kappa shape index (κ1) is 13.6. The van der Waals surface area contributed by atoms with Gasteiger partial charge in [0.25, 0.3) is 5.56 Å². The Morgan fingerprint density at radius 2 is 2.21 bits per heavy atom. The van der Waals surface area contributed by atoms with Crippen molar-refractivity contribution >= 4 is 5.91 Å². The molecule has 0 saturated carbocycles. The number of primary amides is 1. The van der Waals surface area contributed by atoms with Gasteiger partial charge in [-0.15, -0.1) is 0 Å². The third-order valence-electron chi connectivity index (χ3n) is 3.40. The fraction of sp³-hybridized carbons (Fsp3) is 0.538. The van der Waals surface area contributed by atoms with Crippen molar-refractivity contribution in [1.29, 1.82) is 0 Å². The first-order chi connectivity index (χ1) is 8.99. The van der Waals surface area contributed by atoms with Gasteiger partial charge in [0.05, 0.1) is 6.10 Å². The first-order valence-electron chi connectivity index (χ1n) is 6.30. The highest BCUT2D eigenvalue weighted by molar-refractivity contribution is 5.76. The molecule has 0 radical (unpaired) electrons. The van der Waals surface area contributed by atoms with Crippen LogP contribution in [0.25, 0.3) is 0 Å². The number of amides is 1. The highest BCUT2D eigenvalue weighted by Gasteiger charge is 2.27. The van der Waals surface area contributed by atoms with E-state index in [1.807, 2.05) is 0 Å². The first-order valence-corrected chi connectivity index (χ1v) is 6.30. The van der Waals surface area contributed by atoms with Gasteiger partial charge in [0.2, 0.25) is 5.91 Å². The van der Waals surface area contributed by atoms with Crippen molar-refractivity contribution < 1.29 is 9.53 Å². The Kier molecular flexibility index (Phi) is 3.90. The minimum absolute atomic E-state index is 0.101. The summed E-state index contributed by atoms with van der Waals surface area (Å²) in [6, 6.07) is 3.25. The number of hydrogen-bond acceptors (Lipinski definition) is 4. The van der Waals surface area contributed by atoms with Gasteiger partial charge in [0, 0.05) is 38.9 Å². The summed E-state index contributed by atoms with van der Waals surface area (Å²) in [5.74, 6) is -0.437. The van der Waals surface area contributed by atoms with Gasteiger partial charge in [0.15, 0.2) is 0 Å². The number of hydrogen-bond donors (Lipinski definition) is 1. The van der Waals surface area contributed by atoms with Crippen LogP contribution in [0.5, 0.6) is 0 Å². The van der Waals surface area contributed by atoms with Crippen molar-refractivity contribution in [2.75, 3.05) is 25.7 Å². The Hall–Kier alpha value is -1.82. The quantitative estimate of drug-likeness (QED) is 0.834. The molecule has 0 aromatic carbocycles. The molecule has 6 nitrogen and oxygen atoms in total. The SMILES string of the molecule is CN(C)n1cc([C@H]2C[C@@H](C(N)=O)CCO2)ccc1=O. The predicted octanol–water partition coefficient (Wildman–Crippen LogP) is -0.00110. The molecular weight excluding hydrogens is 246 g/mol. The number of nitrogens with two attached hydrogens (primary N) is 1. The van der Waals surface area contributed by atoms with Crippen molar-refractivity contribution in [2.24, 2.45) is 11.7 Å². The molecule has 2 N–H and O–H groups in total. The van der Waals surface area contributed by atoms with Crippen LogP contribution in [-0.2, 0) is 9.53 Å². The van der Waals surface area contributed by atoms with E-state index in [2.05, 4.69) is 0 Å². The van der Waals surface area contributed by atoms with Gasteiger partial charge in [-0.1, -0.05) is 0 Å². The summed E-state index contributed by atoms with van der Waals surface area (Å²) in [6.45, 7) is 0.513. The second-order valence-corrected chi connectivity index (χ2v) is 4.98. The Morgan fingerprint density at radius 1 is 1.47 bits per heavy atom. The minimum Gasteiger partial charge on any atom is -0.373 e. The lowest BCUT2D eigenvalue weighted by molar-refractivity contribution is -0.126. The molecule has 1 saturated heterocycles. The van der Waals surface area contributed by atoms with E-state index < -0.39 is 0 Å². The molecule has 1 aromatic rings. The molecule has 1 fully saturated rings. The van der Waals surface area contributed by atoms with E-state index in [0.29, 0.717) is 19.4 Å². The minimum atomic E-state index is -0.283. The Labute approximate surface area is 111 Å². The van der Waals surface area contributed by atoms with Gasteiger partial charge >= 0.3 is 0 Å². The summed E-state index contributed by atoms with van der Waals surface area (Å²) in [6.07, 6.45) is 2.80. The molecule has 2 heterocycles. The zero-order valence-corrected chi connectivity index (χ0v) is 11.2. The predicted molar refractivity (Wildman–Crippen MR) is 71.4 cm³/mol. The number of nitrogens with zero attached hydrogens (tertiary/aromatic N) is 2. The molecule has 0 spiro atoms. The summed E-state index contributed by atoms with van der Waals surface area (Å²) in [5.41, 5.74) is 6.14. The standard InChI is InChI=1S/C13H19N3O3/c1-15(2)16-8-10(3-4-12(16)17)11-7-9(13(14)18)5-6-19-11/h3-4,8-9,11H,5-7H2,1-2H3,(H2,14,18)/t9-,11+/m0/s1. The van der Waals surface area contributed by atoms with Gasteiger partial charge in [-0.2, -0.15) is 0 Å². The highest BCUT2D eigenvalue weighted by Crippen LogP contribution is 2.30. The van der Waals surface area contributed by atoms with Gasteiger partial charge < -0.3 is 15.5 Å². The second kappa shape index (κ2) is 5.44. The topological polar surface area (TPSA) is 77.6 Å². The largest absolute Gasteiger partial charge is 0.373 e. The summed E-state index contributed by atoms with van der Waals surface area (Å²) in [5, 5.41) is 1.69. The van der Waals surface area contributed by atoms with E-state index in [0.717, 1.165) is 5.56 Å². The van der Waals surface area contributed by atoms with Crippen LogP contribution >= 0.6 is 0 Å². The lowest BCUT2D eigenvalue weighted by atomic mass is 9.92. The smallest absolute Gasteiger partial charge is 0.268 e. The molecule has 0 unspecified atom stereocenters. The normalized spacial score (nSPS) is 23.1. The number of carbonyl (C=O) groups excluding carboxylic acids is 1. The van der Waals surface area contributed by atoms with Crippen molar-refractivity contribution in [3.8, 4) is 0 Å².